The van der Waals surface area contributed by atoms with Crippen molar-refractivity contribution in [3.8, 4) is 0 Å². The number of aromatic nitrogens is 3. The molecule has 2 aliphatic heterocycles. The van der Waals surface area contributed by atoms with E-state index in [0.29, 0.717) is 19.6 Å². The van der Waals surface area contributed by atoms with Crippen molar-refractivity contribution in [1.29, 1.82) is 0 Å². The highest BCUT2D eigenvalue weighted by Gasteiger charge is 2.57. The van der Waals surface area contributed by atoms with Gasteiger partial charge in [0.1, 0.15) is 0 Å². The van der Waals surface area contributed by atoms with Crippen molar-refractivity contribution in [3.05, 3.63) is 48.0 Å². The Morgan fingerprint density at radius 2 is 2.14 bits per heavy atom. The van der Waals surface area contributed by atoms with Gasteiger partial charge in [0.2, 0.25) is 11.8 Å². The quantitative estimate of drug-likeness (QED) is 0.796. The summed E-state index contributed by atoms with van der Waals surface area (Å²) in [5.41, 5.74) is 1.53. The SMILES string of the molecule is Cn1nccc1[C@@H]1CN(C(=O)C2CC2)C[C@]12CCCN(Cc1cccnc1)C2=O. The van der Waals surface area contributed by atoms with Crippen molar-refractivity contribution in [2.45, 2.75) is 38.1 Å². The minimum absolute atomic E-state index is 0.0121. The molecule has 29 heavy (non-hydrogen) atoms. The number of aryl methyl sites for hydroxylation is 1. The Morgan fingerprint density at radius 3 is 2.83 bits per heavy atom. The second-order valence-corrected chi connectivity index (χ2v) is 8.77. The minimum atomic E-state index is -0.557. The van der Waals surface area contributed by atoms with Crippen LogP contribution in [0.4, 0.5) is 0 Å². The van der Waals surface area contributed by atoms with Crippen molar-refractivity contribution in [2.24, 2.45) is 18.4 Å². The monoisotopic (exact) mass is 393 g/mol. The van der Waals surface area contributed by atoms with Gasteiger partial charge in [-0.2, -0.15) is 5.10 Å². The molecular formula is C22H27N5O2. The smallest absolute Gasteiger partial charge is 0.231 e. The molecule has 1 spiro atoms. The maximum atomic E-state index is 13.9. The summed E-state index contributed by atoms with van der Waals surface area (Å²) >= 11 is 0. The molecule has 152 valence electrons. The summed E-state index contributed by atoms with van der Waals surface area (Å²) in [5.74, 6) is 0.556. The van der Waals surface area contributed by atoms with Gasteiger partial charge in [-0.15, -0.1) is 0 Å². The largest absolute Gasteiger partial charge is 0.341 e. The predicted octanol–water partition coefficient (Wildman–Crippen LogP) is 1.96. The number of amides is 2. The van der Waals surface area contributed by atoms with Crippen molar-refractivity contribution >= 4 is 11.8 Å². The van der Waals surface area contributed by atoms with Crippen LogP contribution in [-0.4, -0.2) is 56.0 Å². The van der Waals surface area contributed by atoms with E-state index < -0.39 is 5.41 Å². The predicted molar refractivity (Wildman–Crippen MR) is 107 cm³/mol. The highest BCUT2D eigenvalue weighted by atomic mass is 16.2. The maximum Gasteiger partial charge on any atom is 0.231 e. The molecule has 7 heteroatoms. The van der Waals surface area contributed by atoms with Crippen molar-refractivity contribution in [2.75, 3.05) is 19.6 Å². The van der Waals surface area contributed by atoms with Gasteiger partial charge in [0.25, 0.3) is 0 Å². The minimum Gasteiger partial charge on any atom is -0.341 e. The second-order valence-electron chi connectivity index (χ2n) is 8.77. The average molecular weight is 393 g/mol. The molecule has 2 aromatic rings. The van der Waals surface area contributed by atoms with Crippen LogP contribution in [-0.2, 0) is 23.2 Å². The van der Waals surface area contributed by atoms with Crippen LogP contribution in [0.2, 0.25) is 0 Å². The summed E-state index contributed by atoms with van der Waals surface area (Å²) < 4.78 is 1.87. The van der Waals surface area contributed by atoms with Gasteiger partial charge in [0.15, 0.2) is 0 Å². The Bertz CT molecular complexity index is 922. The summed E-state index contributed by atoms with van der Waals surface area (Å²) in [5, 5.41) is 4.35. The number of likely N-dealkylation sites (tertiary alicyclic amines) is 2. The number of carbonyl (C=O) groups excluding carboxylic acids is 2. The van der Waals surface area contributed by atoms with E-state index in [1.807, 2.05) is 45.9 Å². The molecule has 3 aliphatic rings. The van der Waals surface area contributed by atoms with E-state index in [1.54, 1.807) is 12.4 Å². The molecular weight excluding hydrogens is 366 g/mol. The van der Waals surface area contributed by atoms with Crippen LogP contribution < -0.4 is 0 Å². The van der Waals surface area contributed by atoms with Crippen LogP contribution in [0, 0.1) is 11.3 Å². The molecule has 2 aromatic heterocycles. The van der Waals surface area contributed by atoms with Gasteiger partial charge in [0, 0.05) is 69.3 Å². The molecule has 2 amide bonds. The molecule has 2 atom stereocenters. The van der Waals surface area contributed by atoms with Gasteiger partial charge in [-0.05, 0) is 43.4 Å². The number of carbonyl (C=O) groups is 2. The third-order valence-electron chi connectivity index (χ3n) is 6.86. The zero-order valence-electron chi connectivity index (χ0n) is 16.8. The highest BCUT2D eigenvalue weighted by Crippen LogP contribution is 2.50. The number of hydrogen-bond donors (Lipinski definition) is 0. The Morgan fingerprint density at radius 1 is 1.28 bits per heavy atom. The lowest BCUT2D eigenvalue weighted by molar-refractivity contribution is -0.148. The standard InChI is InChI=1S/C22H27N5O2/c1-25-19(7-10-24-25)18-14-27(20(28)17-5-6-17)15-22(18)8-3-11-26(21(22)29)13-16-4-2-9-23-12-16/h2,4,7,9-10,12,17-18H,3,5-6,8,11,13-15H2,1H3/t18-,22+/m0/s1. The topological polar surface area (TPSA) is 71.3 Å². The molecule has 3 fully saturated rings. The van der Waals surface area contributed by atoms with Crippen LogP contribution in [0.5, 0.6) is 0 Å². The summed E-state index contributed by atoms with van der Waals surface area (Å²) in [6.45, 7) is 2.47. The zero-order chi connectivity index (χ0) is 20.0. The first-order chi connectivity index (χ1) is 14.1. The molecule has 0 unspecified atom stereocenters. The summed E-state index contributed by atoms with van der Waals surface area (Å²) in [6, 6.07) is 5.92. The molecule has 5 rings (SSSR count). The first-order valence-corrected chi connectivity index (χ1v) is 10.5. The molecule has 1 saturated carbocycles. The second kappa shape index (κ2) is 6.97. The van der Waals surface area contributed by atoms with Crippen LogP contribution in [0.25, 0.3) is 0 Å². The fourth-order valence-corrected chi connectivity index (χ4v) is 5.21. The van der Waals surface area contributed by atoms with Crippen molar-refractivity contribution in [1.82, 2.24) is 24.6 Å². The van der Waals surface area contributed by atoms with E-state index >= 15 is 0 Å². The van der Waals surface area contributed by atoms with Gasteiger partial charge in [-0.1, -0.05) is 6.07 Å². The van der Waals surface area contributed by atoms with Crippen LogP contribution in [0.1, 0.15) is 42.9 Å². The molecule has 1 aliphatic carbocycles. The van der Waals surface area contributed by atoms with Gasteiger partial charge >= 0.3 is 0 Å². The lowest BCUT2D eigenvalue weighted by Gasteiger charge is -2.42. The van der Waals surface area contributed by atoms with Crippen molar-refractivity contribution in [3.63, 3.8) is 0 Å². The van der Waals surface area contributed by atoms with Crippen LogP contribution in [0.3, 0.4) is 0 Å². The Hall–Kier alpha value is -2.70. The fraction of sp³-hybridized carbons (Fsp3) is 0.545. The van der Waals surface area contributed by atoms with Gasteiger partial charge in [-0.3, -0.25) is 19.3 Å². The van der Waals surface area contributed by atoms with Crippen molar-refractivity contribution < 1.29 is 9.59 Å². The third-order valence-corrected chi connectivity index (χ3v) is 6.86. The molecule has 0 radical (unpaired) electrons. The van der Waals surface area contributed by atoms with Gasteiger partial charge < -0.3 is 9.80 Å². The van der Waals surface area contributed by atoms with E-state index in [1.165, 1.54) is 0 Å². The van der Waals surface area contributed by atoms with Crippen LogP contribution >= 0.6 is 0 Å². The number of pyridine rings is 1. The Kier molecular flexibility index (Phi) is 4.41. The molecule has 0 aromatic carbocycles. The van der Waals surface area contributed by atoms with E-state index in [4.69, 9.17) is 0 Å². The normalized spacial score (nSPS) is 27.1. The van der Waals surface area contributed by atoms with E-state index in [0.717, 1.165) is 43.5 Å². The molecule has 4 heterocycles. The summed E-state index contributed by atoms with van der Waals surface area (Å²) in [6.07, 6.45) is 9.10. The van der Waals surface area contributed by atoms with E-state index in [2.05, 4.69) is 10.1 Å². The summed E-state index contributed by atoms with van der Waals surface area (Å²) in [4.78, 5) is 34.9. The first kappa shape index (κ1) is 18.3. The third kappa shape index (κ3) is 3.12. The maximum absolute atomic E-state index is 13.9. The number of hydrogen-bond acceptors (Lipinski definition) is 4. The van der Waals surface area contributed by atoms with E-state index in [-0.39, 0.29) is 23.7 Å². The molecule has 7 nitrogen and oxygen atoms in total. The Balaban J connectivity index is 1.47. The molecule has 0 bridgehead atoms. The highest BCUT2D eigenvalue weighted by molar-refractivity contribution is 5.88. The number of rotatable bonds is 4. The first-order valence-electron chi connectivity index (χ1n) is 10.5. The lowest BCUT2D eigenvalue weighted by atomic mass is 9.70. The zero-order valence-corrected chi connectivity index (χ0v) is 16.8. The average Bonchev–Trinajstić information content (AvgIpc) is 3.39. The number of piperidine rings is 1. The van der Waals surface area contributed by atoms with E-state index in [9.17, 15) is 9.59 Å². The molecule has 0 N–H and O–H groups in total. The summed E-state index contributed by atoms with van der Waals surface area (Å²) in [7, 11) is 1.93. The molecule has 2 saturated heterocycles. The number of nitrogens with zero attached hydrogens (tertiary/aromatic N) is 5. The van der Waals surface area contributed by atoms with Gasteiger partial charge in [0.05, 0.1) is 5.41 Å². The fourth-order valence-electron chi connectivity index (χ4n) is 5.21. The lowest BCUT2D eigenvalue weighted by Crippen LogP contribution is -2.52. The Labute approximate surface area is 170 Å². The van der Waals surface area contributed by atoms with Crippen LogP contribution in [0.15, 0.2) is 36.8 Å². The van der Waals surface area contributed by atoms with Gasteiger partial charge in [-0.25, -0.2) is 0 Å².